The van der Waals surface area contributed by atoms with Crippen molar-refractivity contribution in [2.45, 2.75) is 77.9 Å². The molecule has 2 saturated heterocycles. The summed E-state index contributed by atoms with van der Waals surface area (Å²) in [6.45, 7) is 10.8. The van der Waals surface area contributed by atoms with Crippen LogP contribution in [0.4, 0.5) is 16.6 Å². The smallest absolute Gasteiger partial charge is 0.358 e. The second-order valence-corrected chi connectivity index (χ2v) is 20.9. The number of nitrogens with one attached hydrogen (secondary N) is 3. The van der Waals surface area contributed by atoms with E-state index in [1.165, 1.54) is 11.3 Å². The number of amides is 4. The molecule has 0 radical (unpaired) electrons. The number of esters is 1. The number of imide groups is 1. The minimum absolute atomic E-state index is 0.138. The SMILES string of the molecule is Cc1c(OCC[C@@H]2CCN(CC(=O)Nc3cccc4c(C5CCC(=O)NC5=O)nn(C)c34)C2)cccc1-c1ccc(N2CCc3cccc(C(=O)Nc4nc5ccccc5s4)c3C2)nc1C(=O)OC(C)(C)C. The molecule has 3 N–H and O–H groups in total. The monoisotopic (exact) mass is 987 g/mol. The van der Waals surface area contributed by atoms with Crippen LogP contribution in [0.25, 0.3) is 32.2 Å². The van der Waals surface area contributed by atoms with Crippen LogP contribution in [-0.4, -0.2) is 92.6 Å². The zero-order valence-corrected chi connectivity index (χ0v) is 41.9. The van der Waals surface area contributed by atoms with Crippen molar-refractivity contribution >= 4 is 78.7 Å². The topological polar surface area (TPSA) is 190 Å². The number of hydrogen-bond donors (Lipinski definition) is 3. The Morgan fingerprint density at radius 1 is 0.875 bits per heavy atom. The van der Waals surface area contributed by atoms with Gasteiger partial charge in [-0.3, -0.25) is 39.4 Å². The van der Waals surface area contributed by atoms with Gasteiger partial charge in [0.05, 0.1) is 46.2 Å². The van der Waals surface area contributed by atoms with Crippen molar-refractivity contribution < 1.29 is 33.4 Å². The number of carbonyl (C=O) groups is 5. The maximum atomic E-state index is 14.1. The van der Waals surface area contributed by atoms with Gasteiger partial charge < -0.3 is 19.7 Å². The lowest BCUT2D eigenvalue weighted by atomic mass is 9.92. The van der Waals surface area contributed by atoms with Crippen molar-refractivity contribution in [3.63, 3.8) is 0 Å². The molecule has 16 nitrogen and oxygen atoms in total. The summed E-state index contributed by atoms with van der Waals surface area (Å²) in [4.78, 5) is 79.6. The molecule has 17 heteroatoms. The fraction of sp³-hybridized carbons (Fsp3) is 0.345. The molecule has 72 heavy (non-hydrogen) atoms. The van der Waals surface area contributed by atoms with Crippen LogP contribution in [0.15, 0.2) is 91.0 Å². The summed E-state index contributed by atoms with van der Waals surface area (Å²) in [7, 11) is 1.79. The van der Waals surface area contributed by atoms with Crippen molar-refractivity contribution in [2.75, 3.05) is 48.3 Å². The summed E-state index contributed by atoms with van der Waals surface area (Å²) in [6.07, 6.45) is 3.06. The average Bonchev–Trinajstić information content (AvgIpc) is 4.07. The number of piperidine rings is 1. The number of ether oxygens (including phenoxy) is 2. The lowest BCUT2D eigenvalue weighted by Gasteiger charge is -2.31. The maximum Gasteiger partial charge on any atom is 0.358 e. The van der Waals surface area contributed by atoms with Gasteiger partial charge in [-0.05, 0) is 131 Å². The number of aryl methyl sites for hydroxylation is 1. The third-order valence-corrected chi connectivity index (χ3v) is 14.6. The molecule has 0 spiro atoms. The quantitative estimate of drug-likeness (QED) is 0.0739. The Balaban J connectivity index is 0.788. The molecule has 4 amide bonds. The standard InChI is InChI=1S/C55H57N9O7S/c1-32-35(12-10-17-43(32)70-28-25-33-23-26-63(29-33)31-47(66)56-42-16-9-14-38-48(61-62(5)50(38)42)39-20-22-46(65)59-52(39)68)36-19-21-45(58-49(36)53(69)71-55(2,3)4)64-27-24-34-11-8-13-37(40(34)30-64)51(67)60-54-57-41-15-6-7-18-44(41)72-54/h6-19,21,33,39H,20,22-31H2,1-5H3,(H,56,66)(H,57,60,67)(H,59,65,68)/t33-,39?/m0/s1. The van der Waals surface area contributed by atoms with E-state index in [9.17, 15) is 24.0 Å². The molecule has 0 aliphatic carbocycles. The summed E-state index contributed by atoms with van der Waals surface area (Å²) < 4.78 is 15.1. The number of thiazole rings is 1. The number of para-hydroxylation sites is 2. The van der Waals surface area contributed by atoms with E-state index in [1.54, 1.807) is 11.7 Å². The van der Waals surface area contributed by atoms with Gasteiger partial charge in [0.2, 0.25) is 17.7 Å². The number of pyridine rings is 1. The third-order valence-electron chi connectivity index (χ3n) is 13.7. The van der Waals surface area contributed by atoms with Gasteiger partial charge in [0, 0.05) is 49.6 Å². The highest BCUT2D eigenvalue weighted by molar-refractivity contribution is 7.22. The number of benzene rings is 4. The van der Waals surface area contributed by atoms with Crippen LogP contribution in [0.5, 0.6) is 5.75 Å². The molecule has 4 aromatic carbocycles. The normalized spacial score (nSPS) is 17.2. The molecule has 6 heterocycles. The Kier molecular flexibility index (Phi) is 13.3. The van der Waals surface area contributed by atoms with Crippen molar-refractivity contribution in [1.29, 1.82) is 0 Å². The molecule has 7 aromatic rings. The molecule has 3 aromatic heterocycles. The maximum absolute atomic E-state index is 14.1. The van der Waals surface area contributed by atoms with Gasteiger partial charge in [-0.1, -0.05) is 59.9 Å². The van der Waals surface area contributed by atoms with Crippen LogP contribution in [0.3, 0.4) is 0 Å². The highest BCUT2D eigenvalue weighted by Gasteiger charge is 2.33. The van der Waals surface area contributed by atoms with E-state index >= 15 is 0 Å². The number of hydrogen-bond acceptors (Lipinski definition) is 13. The molecule has 3 aliphatic heterocycles. The summed E-state index contributed by atoms with van der Waals surface area (Å²) in [5.74, 6) is -0.429. The zero-order valence-electron chi connectivity index (χ0n) is 41.0. The van der Waals surface area contributed by atoms with Crippen LogP contribution in [0.1, 0.15) is 95.6 Å². The molecular formula is C55H57N9O7S. The van der Waals surface area contributed by atoms with Gasteiger partial charge in [0.1, 0.15) is 17.2 Å². The van der Waals surface area contributed by atoms with E-state index in [1.807, 2.05) is 113 Å². The predicted molar refractivity (Wildman–Crippen MR) is 277 cm³/mol. The highest BCUT2D eigenvalue weighted by Crippen LogP contribution is 2.37. The van der Waals surface area contributed by atoms with E-state index in [2.05, 4.69) is 41.9 Å². The van der Waals surface area contributed by atoms with E-state index in [0.29, 0.717) is 77.7 Å². The number of fused-ring (bicyclic) bond motifs is 3. The van der Waals surface area contributed by atoms with E-state index in [-0.39, 0.29) is 42.3 Å². The van der Waals surface area contributed by atoms with Gasteiger partial charge in [0.25, 0.3) is 5.91 Å². The van der Waals surface area contributed by atoms with Crippen molar-refractivity contribution in [1.82, 2.24) is 30.0 Å². The first-order valence-electron chi connectivity index (χ1n) is 24.5. The second kappa shape index (κ2) is 20.0. The lowest BCUT2D eigenvalue weighted by Crippen LogP contribution is -2.39. The molecule has 370 valence electrons. The Bertz CT molecular complexity index is 3250. The van der Waals surface area contributed by atoms with Crippen molar-refractivity contribution in [3.05, 3.63) is 125 Å². The minimum Gasteiger partial charge on any atom is -0.493 e. The molecule has 0 bridgehead atoms. The Morgan fingerprint density at radius 3 is 2.51 bits per heavy atom. The van der Waals surface area contributed by atoms with E-state index in [4.69, 9.17) is 14.5 Å². The van der Waals surface area contributed by atoms with Gasteiger partial charge in [-0.25, -0.2) is 14.8 Å². The molecule has 0 saturated carbocycles. The molecule has 1 unspecified atom stereocenters. The first-order chi connectivity index (χ1) is 34.7. The number of anilines is 3. The number of likely N-dealkylation sites (tertiary alicyclic amines) is 1. The fourth-order valence-corrected chi connectivity index (χ4v) is 11.0. The van der Waals surface area contributed by atoms with Gasteiger partial charge in [0.15, 0.2) is 10.8 Å². The molecule has 2 atom stereocenters. The predicted octanol–water partition coefficient (Wildman–Crippen LogP) is 8.57. The van der Waals surface area contributed by atoms with Crippen molar-refractivity contribution in [3.8, 4) is 16.9 Å². The van der Waals surface area contributed by atoms with Crippen LogP contribution < -0.4 is 25.6 Å². The lowest BCUT2D eigenvalue weighted by molar-refractivity contribution is -0.134. The number of nitrogens with zero attached hydrogens (tertiary/aromatic N) is 6. The molecule has 3 aliphatic rings. The van der Waals surface area contributed by atoms with Crippen molar-refractivity contribution in [2.24, 2.45) is 13.0 Å². The highest BCUT2D eigenvalue weighted by atomic mass is 32.1. The molecular weight excluding hydrogens is 931 g/mol. The first-order valence-corrected chi connectivity index (χ1v) is 25.3. The van der Waals surface area contributed by atoms with Crippen LogP contribution >= 0.6 is 11.3 Å². The summed E-state index contributed by atoms with van der Waals surface area (Å²) in [6, 6.07) is 28.8. The number of rotatable bonds is 13. The van der Waals surface area contributed by atoms with Gasteiger partial charge >= 0.3 is 5.97 Å². The minimum atomic E-state index is -0.763. The number of carbonyl (C=O) groups excluding carboxylic acids is 5. The third kappa shape index (κ3) is 10.2. The van der Waals surface area contributed by atoms with Gasteiger partial charge in [-0.15, -0.1) is 0 Å². The van der Waals surface area contributed by atoms with Crippen LogP contribution in [-0.2, 0) is 39.1 Å². The van der Waals surface area contributed by atoms with Gasteiger partial charge in [-0.2, -0.15) is 5.10 Å². The summed E-state index contributed by atoms with van der Waals surface area (Å²) in [5.41, 5.74) is 7.06. The zero-order chi connectivity index (χ0) is 50.3. The molecule has 10 rings (SSSR count). The molecule has 2 fully saturated rings. The van der Waals surface area contributed by atoms with E-state index in [0.717, 1.165) is 69.3 Å². The summed E-state index contributed by atoms with van der Waals surface area (Å²) >= 11 is 1.44. The summed E-state index contributed by atoms with van der Waals surface area (Å²) in [5, 5.41) is 14.5. The first kappa shape index (κ1) is 48.1. The fourth-order valence-electron chi connectivity index (χ4n) is 10.2. The van der Waals surface area contributed by atoms with E-state index < -0.39 is 17.5 Å². The average molecular weight is 988 g/mol. The van der Waals surface area contributed by atoms with Crippen LogP contribution in [0.2, 0.25) is 0 Å². The van der Waals surface area contributed by atoms with Crippen LogP contribution in [0, 0.1) is 12.8 Å². The Morgan fingerprint density at radius 2 is 1.69 bits per heavy atom. The largest absolute Gasteiger partial charge is 0.493 e. The number of aromatic nitrogens is 4. The second-order valence-electron chi connectivity index (χ2n) is 19.8. The Hall–Kier alpha value is -7.50. The Labute approximate surface area is 421 Å².